The molecular weight excluding hydrogens is 141 g/mol. The van der Waals surface area contributed by atoms with Crippen LogP contribution < -0.4 is 5.32 Å². The third-order valence-corrected chi connectivity index (χ3v) is 0.728. The van der Waals surface area contributed by atoms with E-state index in [1.807, 2.05) is 5.32 Å². The lowest BCUT2D eigenvalue weighted by molar-refractivity contribution is 0.195. The molecule has 0 spiro atoms. The van der Waals surface area contributed by atoms with Crippen molar-refractivity contribution in [1.82, 2.24) is 5.32 Å². The number of carbonyl (C=O) groups is 1. The van der Waals surface area contributed by atoms with Gasteiger partial charge >= 0.3 is 6.09 Å². The van der Waals surface area contributed by atoms with Gasteiger partial charge in [0.1, 0.15) is 5.83 Å². The van der Waals surface area contributed by atoms with E-state index in [0.29, 0.717) is 0 Å². The summed E-state index contributed by atoms with van der Waals surface area (Å²) in [6.45, 7) is -0.816. The fourth-order valence-corrected chi connectivity index (χ4v) is 0.314. The van der Waals surface area contributed by atoms with E-state index < -0.39 is 18.5 Å². The SMILES string of the molecule is O=C(O)NCC=C(F)CO. The first-order valence-electron chi connectivity index (χ1n) is 2.59. The summed E-state index contributed by atoms with van der Waals surface area (Å²) in [5, 5.41) is 18.0. The molecule has 0 rings (SSSR count). The minimum absolute atomic E-state index is 0.123. The number of hydrogen-bond acceptors (Lipinski definition) is 2. The van der Waals surface area contributed by atoms with Crippen LogP contribution in [0.4, 0.5) is 9.18 Å². The summed E-state index contributed by atoms with van der Waals surface area (Å²) in [6.07, 6.45) is -0.268. The molecule has 1 amide bonds. The van der Waals surface area contributed by atoms with Gasteiger partial charge in [0.2, 0.25) is 0 Å². The van der Waals surface area contributed by atoms with Gasteiger partial charge in [-0.15, -0.1) is 0 Å². The quantitative estimate of drug-likeness (QED) is 0.533. The van der Waals surface area contributed by atoms with Crippen molar-refractivity contribution in [3.05, 3.63) is 11.9 Å². The number of carboxylic acid groups (broad SMARTS) is 1. The first-order chi connectivity index (χ1) is 4.66. The highest BCUT2D eigenvalue weighted by molar-refractivity contribution is 5.64. The van der Waals surface area contributed by atoms with Crippen molar-refractivity contribution in [2.24, 2.45) is 0 Å². The van der Waals surface area contributed by atoms with Crippen molar-refractivity contribution in [3.63, 3.8) is 0 Å². The molecule has 0 aliphatic rings. The Hall–Kier alpha value is -1.10. The van der Waals surface area contributed by atoms with Gasteiger partial charge in [-0.3, -0.25) is 0 Å². The summed E-state index contributed by atoms with van der Waals surface area (Å²) >= 11 is 0. The molecule has 0 aromatic carbocycles. The molecule has 0 heterocycles. The Morgan fingerprint density at radius 3 is 2.70 bits per heavy atom. The topological polar surface area (TPSA) is 69.6 Å². The van der Waals surface area contributed by atoms with Crippen molar-refractivity contribution in [3.8, 4) is 0 Å². The molecule has 0 aliphatic carbocycles. The Kier molecular flexibility index (Phi) is 4.23. The van der Waals surface area contributed by atoms with Crippen LogP contribution in [0.5, 0.6) is 0 Å². The zero-order valence-corrected chi connectivity index (χ0v) is 5.17. The highest BCUT2D eigenvalue weighted by Gasteiger charge is 1.92. The average molecular weight is 149 g/mol. The molecule has 10 heavy (non-hydrogen) atoms. The molecule has 0 aliphatic heterocycles. The summed E-state index contributed by atoms with van der Waals surface area (Å²) in [5.41, 5.74) is 0. The minimum Gasteiger partial charge on any atom is -0.465 e. The smallest absolute Gasteiger partial charge is 0.404 e. The Balaban J connectivity index is 3.43. The van der Waals surface area contributed by atoms with Crippen LogP contribution in [0.3, 0.4) is 0 Å². The predicted molar refractivity (Wildman–Crippen MR) is 32.3 cm³/mol. The predicted octanol–water partition coefficient (Wildman–Crippen LogP) is 0.0997. The molecule has 0 atom stereocenters. The summed E-state index contributed by atoms with van der Waals surface area (Å²) < 4.78 is 12.0. The molecule has 0 fully saturated rings. The Morgan fingerprint density at radius 1 is 1.70 bits per heavy atom. The van der Waals surface area contributed by atoms with Crippen LogP contribution in [0.2, 0.25) is 0 Å². The largest absolute Gasteiger partial charge is 0.465 e. The molecule has 0 aromatic heterocycles. The van der Waals surface area contributed by atoms with Crippen molar-refractivity contribution in [2.75, 3.05) is 13.2 Å². The van der Waals surface area contributed by atoms with E-state index in [0.717, 1.165) is 6.08 Å². The van der Waals surface area contributed by atoms with Crippen LogP contribution in [-0.4, -0.2) is 29.5 Å². The molecule has 0 bridgehead atoms. The zero-order valence-electron chi connectivity index (χ0n) is 5.17. The number of aliphatic hydroxyl groups excluding tert-OH is 1. The van der Waals surface area contributed by atoms with Gasteiger partial charge < -0.3 is 15.5 Å². The highest BCUT2D eigenvalue weighted by atomic mass is 19.1. The van der Waals surface area contributed by atoms with Crippen molar-refractivity contribution in [2.45, 2.75) is 0 Å². The van der Waals surface area contributed by atoms with Crippen LogP contribution in [0, 0.1) is 0 Å². The van der Waals surface area contributed by atoms with Crippen molar-refractivity contribution >= 4 is 6.09 Å². The van der Waals surface area contributed by atoms with Crippen LogP contribution >= 0.6 is 0 Å². The number of hydrogen-bond donors (Lipinski definition) is 3. The third kappa shape index (κ3) is 5.04. The van der Waals surface area contributed by atoms with Crippen LogP contribution in [0.1, 0.15) is 0 Å². The lowest BCUT2D eigenvalue weighted by Crippen LogP contribution is -2.20. The van der Waals surface area contributed by atoms with Crippen LogP contribution in [0.15, 0.2) is 11.9 Å². The fourth-order valence-electron chi connectivity index (χ4n) is 0.314. The van der Waals surface area contributed by atoms with E-state index in [2.05, 4.69) is 0 Å². The highest BCUT2D eigenvalue weighted by Crippen LogP contribution is 1.90. The Labute approximate surface area is 57.0 Å². The molecule has 0 saturated carbocycles. The summed E-state index contributed by atoms with van der Waals surface area (Å²) in [6, 6.07) is 0. The first kappa shape index (κ1) is 8.90. The maximum absolute atomic E-state index is 12.0. The van der Waals surface area contributed by atoms with Gasteiger partial charge in [-0.05, 0) is 6.08 Å². The molecule has 58 valence electrons. The van der Waals surface area contributed by atoms with Crippen molar-refractivity contribution < 1.29 is 19.4 Å². The Bertz CT molecular complexity index is 146. The van der Waals surface area contributed by atoms with Gasteiger partial charge in [-0.1, -0.05) is 0 Å². The zero-order chi connectivity index (χ0) is 7.98. The number of amides is 1. The van der Waals surface area contributed by atoms with E-state index in [9.17, 15) is 9.18 Å². The molecule has 0 unspecified atom stereocenters. The number of halogens is 1. The van der Waals surface area contributed by atoms with Gasteiger partial charge in [0.15, 0.2) is 0 Å². The minimum atomic E-state index is -1.22. The molecule has 4 nitrogen and oxygen atoms in total. The second-order valence-electron chi connectivity index (χ2n) is 1.50. The normalized spacial score (nSPS) is 11.2. The summed E-state index contributed by atoms with van der Waals surface area (Å²) in [5.74, 6) is -0.742. The Morgan fingerprint density at radius 2 is 2.30 bits per heavy atom. The summed E-state index contributed by atoms with van der Waals surface area (Å²) in [7, 11) is 0. The molecule has 0 saturated heterocycles. The lowest BCUT2D eigenvalue weighted by atomic mass is 10.5. The standard InChI is InChI=1S/C5H8FNO3/c6-4(3-8)1-2-7-5(9)10/h1,7-8H,2-3H2,(H,9,10). The van der Waals surface area contributed by atoms with Crippen LogP contribution in [0.25, 0.3) is 0 Å². The number of aliphatic hydroxyl groups is 1. The second-order valence-corrected chi connectivity index (χ2v) is 1.50. The monoisotopic (exact) mass is 149 g/mol. The van der Waals surface area contributed by atoms with Gasteiger partial charge in [-0.2, -0.15) is 0 Å². The van der Waals surface area contributed by atoms with Gasteiger partial charge in [0, 0.05) is 6.54 Å². The fraction of sp³-hybridized carbons (Fsp3) is 0.400. The number of rotatable bonds is 3. The van der Waals surface area contributed by atoms with E-state index in [4.69, 9.17) is 10.2 Å². The van der Waals surface area contributed by atoms with Gasteiger partial charge in [0.25, 0.3) is 0 Å². The van der Waals surface area contributed by atoms with E-state index in [1.54, 1.807) is 0 Å². The van der Waals surface area contributed by atoms with E-state index in [1.165, 1.54) is 0 Å². The lowest BCUT2D eigenvalue weighted by Gasteiger charge is -1.93. The maximum atomic E-state index is 12.0. The molecule has 3 N–H and O–H groups in total. The van der Waals surface area contributed by atoms with Gasteiger partial charge in [0.05, 0.1) is 6.61 Å². The second kappa shape index (κ2) is 4.75. The van der Waals surface area contributed by atoms with E-state index >= 15 is 0 Å². The van der Waals surface area contributed by atoms with Crippen LogP contribution in [-0.2, 0) is 0 Å². The maximum Gasteiger partial charge on any atom is 0.404 e. The van der Waals surface area contributed by atoms with E-state index in [-0.39, 0.29) is 6.54 Å². The first-order valence-corrected chi connectivity index (χ1v) is 2.59. The molecule has 0 radical (unpaired) electrons. The third-order valence-electron chi connectivity index (χ3n) is 0.728. The molecular formula is C5H8FNO3. The average Bonchev–Trinajstić information content (AvgIpc) is 1.87. The molecule has 0 aromatic rings. The van der Waals surface area contributed by atoms with Gasteiger partial charge in [-0.25, -0.2) is 9.18 Å². The van der Waals surface area contributed by atoms with Crippen molar-refractivity contribution in [1.29, 1.82) is 0 Å². The summed E-state index contributed by atoms with van der Waals surface area (Å²) in [4.78, 5) is 9.74. The number of nitrogens with one attached hydrogen (secondary N) is 1. The molecule has 5 heteroatoms.